The first-order valence-electron chi connectivity index (χ1n) is 13.1. The molecule has 10 heteroatoms. The second-order valence-electron chi connectivity index (χ2n) is 13.1. The van der Waals surface area contributed by atoms with Gasteiger partial charge in [0.1, 0.15) is 17.3 Å². The van der Waals surface area contributed by atoms with Crippen molar-refractivity contribution in [2.75, 3.05) is 7.11 Å². The van der Waals surface area contributed by atoms with Crippen LogP contribution in [0.5, 0.6) is 0 Å². The lowest BCUT2D eigenvalue weighted by molar-refractivity contribution is -0.298. The SMILES string of the molecule is COC(=O)[C@@H](O)[C@H]1[C@@]2(C)CC3(O)C4[C@@H](O[C@]56CC(=O)O[C@@H](c7ccoc7)[C@]5(C)CCC([C@]46O)[C@]13C)[C@H]2O. The zero-order valence-corrected chi connectivity index (χ0v) is 21.3. The third-order valence-electron chi connectivity index (χ3n) is 12.2. The van der Waals surface area contributed by atoms with Gasteiger partial charge in [0.05, 0.1) is 43.9 Å². The van der Waals surface area contributed by atoms with Crippen LogP contribution < -0.4 is 0 Å². The van der Waals surface area contributed by atoms with E-state index in [0.717, 1.165) is 0 Å². The van der Waals surface area contributed by atoms with Crippen LogP contribution in [0.3, 0.4) is 0 Å². The zero-order valence-electron chi connectivity index (χ0n) is 21.3. The molecule has 2 saturated heterocycles. The van der Waals surface area contributed by atoms with E-state index >= 15 is 0 Å². The minimum absolute atomic E-state index is 0.0716. The molecule has 3 unspecified atom stereocenters. The third-order valence-corrected chi connectivity index (χ3v) is 12.2. The summed E-state index contributed by atoms with van der Waals surface area (Å²) in [6, 6.07) is 1.72. The molecule has 1 spiro atoms. The molecule has 10 nitrogen and oxygen atoms in total. The highest BCUT2D eigenvalue weighted by Crippen LogP contribution is 2.85. The Balaban J connectivity index is 1.49. The van der Waals surface area contributed by atoms with Crippen LogP contribution in [-0.4, -0.2) is 74.6 Å². The lowest BCUT2D eigenvalue weighted by Gasteiger charge is -2.63. The molecular formula is C27H34O10. The molecule has 37 heavy (non-hydrogen) atoms. The number of carbonyl (C=O) groups excluding carboxylic acids is 2. The van der Waals surface area contributed by atoms with Gasteiger partial charge < -0.3 is 39.1 Å². The average molecular weight is 519 g/mol. The van der Waals surface area contributed by atoms with E-state index in [1.54, 1.807) is 13.0 Å². The molecule has 2 aliphatic heterocycles. The van der Waals surface area contributed by atoms with Crippen LogP contribution in [0.15, 0.2) is 23.0 Å². The third kappa shape index (κ3) is 2.13. The quantitative estimate of drug-likeness (QED) is 0.423. The van der Waals surface area contributed by atoms with Crippen molar-refractivity contribution in [3.63, 3.8) is 0 Å². The van der Waals surface area contributed by atoms with Crippen LogP contribution in [0.2, 0.25) is 0 Å². The van der Waals surface area contributed by atoms with Crippen molar-refractivity contribution in [3.05, 3.63) is 24.2 Å². The van der Waals surface area contributed by atoms with E-state index in [2.05, 4.69) is 0 Å². The van der Waals surface area contributed by atoms with Crippen molar-refractivity contribution in [1.82, 2.24) is 0 Å². The highest BCUT2D eigenvalue weighted by Gasteiger charge is 2.95. The number of aliphatic hydroxyl groups excluding tert-OH is 2. The Kier molecular flexibility index (Phi) is 4.29. The first-order valence-corrected chi connectivity index (χ1v) is 13.1. The van der Waals surface area contributed by atoms with E-state index in [-0.39, 0.29) is 12.8 Å². The summed E-state index contributed by atoms with van der Waals surface area (Å²) >= 11 is 0. The second-order valence-corrected chi connectivity index (χ2v) is 13.1. The van der Waals surface area contributed by atoms with Crippen LogP contribution in [0.4, 0.5) is 0 Å². The van der Waals surface area contributed by atoms with Gasteiger partial charge in [0.25, 0.3) is 0 Å². The Morgan fingerprint density at radius 3 is 2.62 bits per heavy atom. The summed E-state index contributed by atoms with van der Waals surface area (Å²) in [7, 11) is 1.19. The molecule has 6 fully saturated rings. The van der Waals surface area contributed by atoms with Crippen LogP contribution in [0, 0.1) is 34.0 Å². The van der Waals surface area contributed by atoms with Crippen molar-refractivity contribution >= 4 is 11.9 Å². The zero-order chi connectivity index (χ0) is 26.6. The Morgan fingerprint density at radius 2 is 1.97 bits per heavy atom. The van der Waals surface area contributed by atoms with Gasteiger partial charge in [-0.25, -0.2) is 4.79 Å². The summed E-state index contributed by atoms with van der Waals surface area (Å²) in [5.74, 6) is -3.86. The van der Waals surface area contributed by atoms with Crippen LogP contribution >= 0.6 is 0 Å². The standard InChI is InChI=1S/C27H34O10/c1-22-11-25(32)18-16(19(22)30)37-26-9-14(28)36-20(12-6-8-35-10-12)23(26,2)7-5-13(27(18,26)33)24(25,3)17(22)15(29)21(31)34-4/h6,8,10,13,15-20,29-30,32-33H,5,7,9,11H2,1-4H3/t13?,15-,16+,17-,18?,19+,20-,22+,23-,24+,25?,26+,27-/m0/s1. The summed E-state index contributed by atoms with van der Waals surface area (Å²) < 4.78 is 22.8. The summed E-state index contributed by atoms with van der Waals surface area (Å²) in [4.78, 5) is 25.9. The number of esters is 2. The first-order chi connectivity index (χ1) is 17.3. The van der Waals surface area contributed by atoms with Gasteiger partial charge in [-0.3, -0.25) is 4.79 Å². The second kappa shape index (κ2) is 6.59. The first kappa shape index (κ1) is 24.1. The van der Waals surface area contributed by atoms with Gasteiger partial charge >= 0.3 is 11.9 Å². The number of ether oxygens (including phenoxy) is 3. The van der Waals surface area contributed by atoms with E-state index in [1.165, 1.54) is 19.6 Å². The van der Waals surface area contributed by atoms with Crippen molar-refractivity contribution in [2.45, 2.75) is 87.7 Å². The van der Waals surface area contributed by atoms with Crippen molar-refractivity contribution in [1.29, 1.82) is 0 Å². The largest absolute Gasteiger partial charge is 0.472 e. The van der Waals surface area contributed by atoms with Crippen molar-refractivity contribution in [3.8, 4) is 0 Å². The Bertz CT molecular complexity index is 1200. The predicted molar refractivity (Wildman–Crippen MR) is 122 cm³/mol. The summed E-state index contributed by atoms with van der Waals surface area (Å²) in [6.45, 7) is 5.51. The fourth-order valence-electron chi connectivity index (χ4n) is 11.0. The Labute approximate surface area is 213 Å². The fourth-order valence-corrected chi connectivity index (χ4v) is 11.0. The molecule has 4 N–H and O–H groups in total. The molecule has 0 aromatic carbocycles. The van der Waals surface area contributed by atoms with Gasteiger partial charge in [0.2, 0.25) is 0 Å². The van der Waals surface area contributed by atoms with Gasteiger partial charge in [0.15, 0.2) is 6.10 Å². The minimum Gasteiger partial charge on any atom is -0.472 e. The number of hydrogen-bond acceptors (Lipinski definition) is 10. The maximum Gasteiger partial charge on any atom is 0.335 e. The maximum atomic E-state index is 13.2. The molecule has 13 atom stereocenters. The lowest BCUT2D eigenvalue weighted by atomic mass is 9.45. The van der Waals surface area contributed by atoms with Crippen molar-refractivity contribution in [2.24, 2.45) is 34.0 Å². The predicted octanol–water partition coefficient (Wildman–Crippen LogP) is 0.854. The molecule has 0 amide bonds. The number of hydrogen-bond donors (Lipinski definition) is 4. The minimum atomic E-state index is -1.73. The number of methoxy groups -OCH3 is 1. The Morgan fingerprint density at radius 1 is 1.24 bits per heavy atom. The Hall–Kier alpha value is -1.98. The highest BCUT2D eigenvalue weighted by molar-refractivity contribution is 5.76. The summed E-state index contributed by atoms with van der Waals surface area (Å²) in [6.07, 6.45) is -0.866. The highest BCUT2D eigenvalue weighted by atomic mass is 16.6. The van der Waals surface area contributed by atoms with Gasteiger partial charge in [0, 0.05) is 33.6 Å². The van der Waals surface area contributed by atoms with Crippen LogP contribution in [-0.2, 0) is 23.8 Å². The molecule has 4 aliphatic carbocycles. The number of cyclic esters (lactones) is 1. The summed E-state index contributed by atoms with van der Waals surface area (Å²) in [5, 5.41) is 48.7. The molecule has 0 radical (unpaired) electrons. The topological polar surface area (TPSA) is 156 Å². The summed E-state index contributed by atoms with van der Waals surface area (Å²) in [5.41, 5.74) is -7.31. The van der Waals surface area contributed by atoms with Crippen LogP contribution in [0.1, 0.15) is 58.1 Å². The number of rotatable bonds is 3. The lowest BCUT2D eigenvalue weighted by Crippen LogP contribution is -2.72. The van der Waals surface area contributed by atoms with Crippen molar-refractivity contribution < 1.29 is 48.6 Å². The maximum absolute atomic E-state index is 13.2. The van der Waals surface area contributed by atoms with Crippen LogP contribution in [0.25, 0.3) is 0 Å². The van der Waals surface area contributed by atoms with E-state index < -0.39 is 87.2 Å². The van der Waals surface area contributed by atoms with Gasteiger partial charge in [-0.15, -0.1) is 0 Å². The molecule has 6 aliphatic rings. The number of carbonyl (C=O) groups is 2. The molecule has 202 valence electrons. The van der Waals surface area contributed by atoms with Gasteiger partial charge in [-0.05, 0) is 31.2 Å². The van der Waals surface area contributed by atoms with Gasteiger partial charge in [-0.1, -0.05) is 20.8 Å². The smallest absolute Gasteiger partial charge is 0.335 e. The number of furan rings is 1. The number of aliphatic hydroxyl groups is 4. The van der Waals surface area contributed by atoms with Gasteiger partial charge in [-0.2, -0.15) is 0 Å². The molecular weight excluding hydrogens is 484 g/mol. The molecule has 4 saturated carbocycles. The molecule has 1 aromatic rings. The van der Waals surface area contributed by atoms with E-state index in [4.69, 9.17) is 18.6 Å². The normalized spacial score (nSPS) is 57.6. The molecule has 2 bridgehead atoms. The number of fused-ring (bicyclic) bond motifs is 2. The molecule has 1 aromatic heterocycles. The monoisotopic (exact) mass is 518 g/mol. The molecule has 7 rings (SSSR count). The average Bonchev–Trinajstić information content (AvgIpc) is 3.52. The molecule has 3 heterocycles. The van der Waals surface area contributed by atoms with E-state index in [1.807, 2.05) is 13.8 Å². The van der Waals surface area contributed by atoms with E-state index in [9.17, 15) is 30.0 Å². The van der Waals surface area contributed by atoms with E-state index in [0.29, 0.717) is 18.4 Å². The fraction of sp³-hybridized carbons (Fsp3) is 0.778.